The number of nitrogens with zero attached hydrogens (tertiary/aromatic N) is 4. The number of fused-ring (bicyclic) bond motifs is 1. The molecule has 2 aromatic carbocycles. The molecule has 2 N–H and O–H groups in total. The summed E-state index contributed by atoms with van der Waals surface area (Å²) in [4.78, 5) is 30.1. The number of anilines is 1. The minimum atomic E-state index is -0.347. The Bertz CT molecular complexity index is 1300. The number of carbonyl (C=O) groups excluding carboxylic acids is 1. The normalized spacial score (nSPS) is 10.9. The fourth-order valence-electron chi connectivity index (χ4n) is 3.55. The number of nitrogens with one attached hydrogen (secondary N) is 2. The third-order valence-corrected chi connectivity index (χ3v) is 5.19. The van der Waals surface area contributed by atoms with Gasteiger partial charge in [-0.15, -0.1) is 0 Å². The lowest BCUT2D eigenvalue weighted by Crippen LogP contribution is -2.34. The lowest BCUT2D eigenvalue weighted by atomic mass is 10.2. The lowest BCUT2D eigenvalue weighted by molar-refractivity contribution is 0.0961. The van der Waals surface area contributed by atoms with Gasteiger partial charge in [-0.3, -0.25) is 25.0 Å². The molecule has 0 aliphatic rings. The summed E-state index contributed by atoms with van der Waals surface area (Å²) in [5.74, 6) is -0.0659. The zero-order chi connectivity index (χ0) is 22.0. The molecular formula is C23H24N6O2. The molecule has 0 bridgehead atoms. The van der Waals surface area contributed by atoms with Gasteiger partial charge in [0.2, 0.25) is 5.95 Å². The third kappa shape index (κ3) is 3.79. The molecule has 0 fully saturated rings. The molecule has 4 aromatic rings. The van der Waals surface area contributed by atoms with Crippen LogP contribution in [-0.4, -0.2) is 25.2 Å². The van der Waals surface area contributed by atoms with Crippen LogP contribution in [0.4, 0.5) is 5.95 Å². The molecule has 8 nitrogen and oxygen atoms in total. The fourth-order valence-corrected chi connectivity index (χ4v) is 3.55. The van der Waals surface area contributed by atoms with E-state index in [4.69, 9.17) is 0 Å². The largest absolute Gasteiger partial charge is 0.277 e. The van der Waals surface area contributed by atoms with Gasteiger partial charge in [0.1, 0.15) is 0 Å². The Morgan fingerprint density at radius 3 is 2.52 bits per heavy atom. The highest BCUT2D eigenvalue weighted by atomic mass is 16.2. The number of hydrogen-bond acceptors (Lipinski definition) is 5. The van der Waals surface area contributed by atoms with Crippen LogP contribution >= 0.6 is 0 Å². The molecule has 0 radical (unpaired) electrons. The molecule has 0 unspecified atom stereocenters. The third-order valence-electron chi connectivity index (χ3n) is 5.19. The van der Waals surface area contributed by atoms with Gasteiger partial charge < -0.3 is 0 Å². The number of aromatic nitrogens is 4. The van der Waals surface area contributed by atoms with Gasteiger partial charge in [-0.1, -0.05) is 36.8 Å². The van der Waals surface area contributed by atoms with Crippen molar-refractivity contribution in [1.29, 1.82) is 0 Å². The molecule has 31 heavy (non-hydrogen) atoms. The van der Waals surface area contributed by atoms with Crippen LogP contribution in [0.2, 0.25) is 0 Å². The first-order valence-electron chi connectivity index (χ1n) is 10.2. The Morgan fingerprint density at radius 1 is 1.06 bits per heavy atom. The van der Waals surface area contributed by atoms with E-state index in [9.17, 15) is 9.59 Å². The number of rotatable bonds is 6. The number of hydrogen-bond donors (Lipinski definition) is 2. The Morgan fingerprint density at radius 2 is 1.81 bits per heavy atom. The SMILES string of the molecule is CCc1c(C(=O)NNc2nc3ccccc3c(=O)n2CC)cnn1-c1ccc(C)cc1. The van der Waals surface area contributed by atoms with E-state index in [1.165, 1.54) is 4.57 Å². The van der Waals surface area contributed by atoms with Crippen molar-refractivity contribution in [3.8, 4) is 5.69 Å². The monoisotopic (exact) mass is 416 g/mol. The maximum Gasteiger partial charge on any atom is 0.273 e. The molecule has 0 spiro atoms. The van der Waals surface area contributed by atoms with Crippen molar-refractivity contribution in [3.63, 3.8) is 0 Å². The van der Waals surface area contributed by atoms with Crippen molar-refractivity contribution in [3.05, 3.63) is 81.9 Å². The van der Waals surface area contributed by atoms with Crippen LogP contribution in [0.15, 0.2) is 59.5 Å². The summed E-state index contributed by atoms with van der Waals surface area (Å²) in [7, 11) is 0. The maximum atomic E-state index is 12.9. The molecule has 1 amide bonds. The quantitative estimate of drug-likeness (QED) is 0.471. The minimum absolute atomic E-state index is 0.161. The minimum Gasteiger partial charge on any atom is -0.277 e. The molecule has 2 heterocycles. The smallest absolute Gasteiger partial charge is 0.273 e. The van der Waals surface area contributed by atoms with Crippen LogP contribution < -0.4 is 16.4 Å². The van der Waals surface area contributed by atoms with Gasteiger partial charge in [0.25, 0.3) is 11.5 Å². The zero-order valence-corrected chi connectivity index (χ0v) is 17.7. The Kier molecular flexibility index (Phi) is 5.53. The average molecular weight is 416 g/mol. The predicted molar refractivity (Wildman–Crippen MR) is 120 cm³/mol. The molecule has 0 aliphatic heterocycles. The first-order valence-corrected chi connectivity index (χ1v) is 10.2. The highest BCUT2D eigenvalue weighted by Crippen LogP contribution is 2.17. The lowest BCUT2D eigenvalue weighted by Gasteiger charge is -2.14. The van der Waals surface area contributed by atoms with Crippen molar-refractivity contribution in [1.82, 2.24) is 24.8 Å². The number of para-hydroxylation sites is 1. The molecule has 0 aliphatic carbocycles. The van der Waals surface area contributed by atoms with Crippen LogP contribution in [0.1, 0.15) is 35.5 Å². The van der Waals surface area contributed by atoms with Crippen molar-refractivity contribution in [2.45, 2.75) is 33.7 Å². The van der Waals surface area contributed by atoms with Crippen LogP contribution in [0.3, 0.4) is 0 Å². The van der Waals surface area contributed by atoms with Gasteiger partial charge >= 0.3 is 0 Å². The average Bonchev–Trinajstić information content (AvgIpc) is 3.22. The Hall–Kier alpha value is -3.94. The van der Waals surface area contributed by atoms with E-state index < -0.39 is 0 Å². The molecule has 0 saturated heterocycles. The zero-order valence-electron chi connectivity index (χ0n) is 17.7. The number of hydrazine groups is 1. The number of benzene rings is 2. The van der Waals surface area contributed by atoms with E-state index in [0.717, 1.165) is 16.9 Å². The van der Waals surface area contributed by atoms with Gasteiger partial charge in [0, 0.05) is 6.54 Å². The summed E-state index contributed by atoms with van der Waals surface area (Å²) in [5.41, 5.74) is 9.19. The van der Waals surface area contributed by atoms with Crippen molar-refractivity contribution < 1.29 is 4.79 Å². The molecule has 4 rings (SSSR count). The van der Waals surface area contributed by atoms with E-state index >= 15 is 0 Å². The summed E-state index contributed by atoms with van der Waals surface area (Å²) >= 11 is 0. The second kappa shape index (κ2) is 8.43. The molecule has 8 heteroatoms. The Labute approximate surface area is 179 Å². The summed E-state index contributed by atoms with van der Waals surface area (Å²) in [6, 6.07) is 15.1. The van der Waals surface area contributed by atoms with E-state index in [-0.39, 0.29) is 17.4 Å². The first kappa shape index (κ1) is 20.3. The molecule has 0 saturated carbocycles. The molecular weight excluding hydrogens is 392 g/mol. The van der Waals surface area contributed by atoms with Gasteiger partial charge in [-0.2, -0.15) is 5.10 Å². The molecule has 2 aromatic heterocycles. The second-order valence-corrected chi connectivity index (χ2v) is 7.19. The second-order valence-electron chi connectivity index (χ2n) is 7.19. The fraction of sp³-hybridized carbons (Fsp3) is 0.217. The number of carbonyl (C=O) groups is 1. The van der Waals surface area contributed by atoms with Crippen molar-refractivity contribution in [2.24, 2.45) is 0 Å². The predicted octanol–water partition coefficient (Wildman–Crippen LogP) is 3.23. The topological polar surface area (TPSA) is 93.8 Å². The number of aryl methyl sites for hydroxylation is 1. The van der Waals surface area contributed by atoms with Crippen LogP contribution in [0.25, 0.3) is 16.6 Å². The standard InChI is InChI=1S/C23H24N6O2/c1-4-20-18(14-24-29(20)16-12-10-15(3)11-13-16)21(30)26-27-23-25-19-9-7-6-8-17(19)22(31)28(23)5-2/h6-14H,4-5H2,1-3H3,(H,25,27)(H,26,30). The van der Waals surface area contributed by atoms with E-state index in [1.807, 2.05) is 51.1 Å². The maximum absolute atomic E-state index is 12.9. The highest BCUT2D eigenvalue weighted by Gasteiger charge is 2.18. The van der Waals surface area contributed by atoms with Crippen molar-refractivity contribution in [2.75, 3.05) is 5.43 Å². The first-order chi connectivity index (χ1) is 15.0. The van der Waals surface area contributed by atoms with Crippen molar-refractivity contribution >= 4 is 22.8 Å². The summed E-state index contributed by atoms with van der Waals surface area (Å²) in [6.07, 6.45) is 2.18. The van der Waals surface area contributed by atoms with E-state index in [1.54, 1.807) is 29.1 Å². The van der Waals surface area contributed by atoms with Crippen LogP contribution in [-0.2, 0) is 13.0 Å². The van der Waals surface area contributed by atoms with Crippen LogP contribution in [0, 0.1) is 6.92 Å². The van der Waals surface area contributed by atoms with Gasteiger partial charge in [-0.25, -0.2) is 9.67 Å². The van der Waals surface area contributed by atoms with Gasteiger partial charge in [-0.05, 0) is 44.5 Å². The summed E-state index contributed by atoms with van der Waals surface area (Å²) < 4.78 is 3.25. The van der Waals surface area contributed by atoms with E-state index in [2.05, 4.69) is 20.9 Å². The summed E-state index contributed by atoms with van der Waals surface area (Å²) in [6.45, 7) is 6.27. The highest BCUT2D eigenvalue weighted by molar-refractivity contribution is 5.96. The van der Waals surface area contributed by atoms with Gasteiger partial charge in [0.05, 0.1) is 34.0 Å². The molecule has 0 atom stereocenters. The van der Waals surface area contributed by atoms with Crippen LogP contribution in [0.5, 0.6) is 0 Å². The number of amides is 1. The van der Waals surface area contributed by atoms with E-state index in [0.29, 0.717) is 29.4 Å². The molecule has 158 valence electrons. The van der Waals surface area contributed by atoms with Gasteiger partial charge in [0.15, 0.2) is 0 Å². The Balaban J connectivity index is 1.61. The summed E-state index contributed by atoms with van der Waals surface area (Å²) in [5, 5.41) is 4.94.